The van der Waals surface area contributed by atoms with Crippen LogP contribution in [0.3, 0.4) is 0 Å². The predicted molar refractivity (Wildman–Crippen MR) is 109 cm³/mol. The Bertz CT molecular complexity index is 793. The normalized spacial score (nSPS) is 19.9. The second-order valence-electron chi connectivity index (χ2n) is 7.32. The number of anilines is 1. The van der Waals surface area contributed by atoms with Crippen molar-refractivity contribution in [1.82, 2.24) is 13.5 Å². The summed E-state index contributed by atoms with van der Waals surface area (Å²) in [6, 6.07) is 5.28. The molecule has 1 aromatic rings. The van der Waals surface area contributed by atoms with Gasteiger partial charge in [-0.1, -0.05) is 6.42 Å². The summed E-state index contributed by atoms with van der Waals surface area (Å²) in [5.74, 6) is 0.740. The van der Waals surface area contributed by atoms with Crippen LogP contribution in [-0.2, 0) is 10.2 Å². The lowest BCUT2D eigenvalue weighted by molar-refractivity contribution is 0.214. The SMILES string of the molecule is COc1ccc(NC(=O)N2CCCN(S(=O)(=O)N3CCCCC3)CC2)c(C)c1. The van der Waals surface area contributed by atoms with Crippen LogP contribution in [0.4, 0.5) is 10.5 Å². The molecule has 0 bridgehead atoms. The molecular formula is C19H30N4O4S. The number of aryl methyl sites for hydroxylation is 1. The molecule has 156 valence electrons. The molecule has 8 nitrogen and oxygen atoms in total. The van der Waals surface area contributed by atoms with Gasteiger partial charge in [-0.25, -0.2) is 4.79 Å². The van der Waals surface area contributed by atoms with Crippen LogP contribution in [0.1, 0.15) is 31.2 Å². The molecule has 0 saturated carbocycles. The first-order valence-corrected chi connectivity index (χ1v) is 11.3. The molecule has 2 fully saturated rings. The number of benzene rings is 1. The number of piperidine rings is 1. The van der Waals surface area contributed by atoms with E-state index in [1.165, 1.54) is 4.31 Å². The maximum atomic E-state index is 12.9. The maximum absolute atomic E-state index is 12.9. The van der Waals surface area contributed by atoms with Crippen LogP contribution >= 0.6 is 0 Å². The number of hydrogen-bond donors (Lipinski definition) is 1. The van der Waals surface area contributed by atoms with Gasteiger partial charge in [-0.3, -0.25) is 0 Å². The van der Waals surface area contributed by atoms with Gasteiger partial charge in [-0.15, -0.1) is 0 Å². The topological polar surface area (TPSA) is 82.2 Å². The summed E-state index contributed by atoms with van der Waals surface area (Å²) in [7, 11) is -1.83. The van der Waals surface area contributed by atoms with Gasteiger partial charge in [0.1, 0.15) is 5.75 Å². The minimum absolute atomic E-state index is 0.203. The highest BCUT2D eigenvalue weighted by Crippen LogP contribution is 2.22. The van der Waals surface area contributed by atoms with Crippen LogP contribution in [0.2, 0.25) is 0 Å². The molecule has 9 heteroatoms. The van der Waals surface area contributed by atoms with Crippen molar-refractivity contribution in [2.24, 2.45) is 0 Å². The molecule has 28 heavy (non-hydrogen) atoms. The van der Waals surface area contributed by atoms with Gasteiger partial charge in [0.2, 0.25) is 0 Å². The number of carbonyl (C=O) groups is 1. The fourth-order valence-electron chi connectivity index (χ4n) is 3.68. The zero-order valence-corrected chi connectivity index (χ0v) is 17.5. The number of amides is 2. The Balaban J connectivity index is 1.60. The van der Waals surface area contributed by atoms with E-state index in [1.54, 1.807) is 22.4 Å². The lowest BCUT2D eigenvalue weighted by atomic mass is 10.2. The smallest absolute Gasteiger partial charge is 0.321 e. The molecule has 2 aliphatic rings. The minimum atomic E-state index is -3.44. The van der Waals surface area contributed by atoms with E-state index in [4.69, 9.17) is 4.74 Å². The van der Waals surface area contributed by atoms with E-state index < -0.39 is 10.2 Å². The number of hydrogen-bond acceptors (Lipinski definition) is 4. The molecule has 1 N–H and O–H groups in total. The molecule has 0 aromatic heterocycles. The van der Waals surface area contributed by atoms with E-state index >= 15 is 0 Å². The largest absolute Gasteiger partial charge is 0.497 e. The van der Waals surface area contributed by atoms with Crippen LogP contribution in [0.5, 0.6) is 5.75 Å². The Morgan fingerprint density at radius 2 is 1.64 bits per heavy atom. The molecule has 0 radical (unpaired) electrons. The Hall–Kier alpha value is -1.84. The van der Waals surface area contributed by atoms with E-state index in [1.807, 2.05) is 19.1 Å². The van der Waals surface area contributed by atoms with E-state index in [-0.39, 0.29) is 6.03 Å². The lowest BCUT2D eigenvalue weighted by Gasteiger charge is -2.31. The van der Waals surface area contributed by atoms with Crippen LogP contribution in [-0.4, -0.2) is 74.3 Å². The van der Waals surface area contributed by atoms with E-state index in [0.29, 0.717) is 45.7 Å². The molecule has 3 rings (SSSR count). The zero-order chi connectivity index (χ0) is 20.1. The summed E-state index contributed by atoms with van der Waals surface area (Å²) in [4.78, 5) is 14.4. The van der Waals surface area contributed by atoms with E-state index in [9.17, 15) is 13.2 Å². The number of carbonyl (C=O) groups excluding carboxylic acids is 1. The number of nitrogens with one attached hydrogen (secondary N) is 1. The molecule has 0 spiro atoms. The molecule has 2 aliphatic heterocycles. The first kappa shape index (κ1) is 20.9. The van der Waals surface area contributed by atoms with Crippen LogP contribution in [0.15, 0.2) is 18.2 Å². The van der Waals surface area contributed by atoms with Crippen LogP contribution in [0.25, 0.3) is 0 Å². The molecule has 0 unspecified atom stereocenters. The summed E-state index contributed by atoms with van der Waals surface area (Å²) >= 11 is 0. The van der Waals surface area contributed by atoms with Crippen LogP contribution in [0, 0.1) is 6.92 Å². The third kappa shape index (κ3) is 4.76. The lowest BCUT2D eigenvalue weighted by Crippen LogP contribution is -2.47. The first-order chi connectivity index (χ1) is 13.4. The second-order valence-corrected chi connectivity index (χ2v) is 9.25. The van der Waals surface area contributed by atoms with Crippen molar-refractivity contribution in [2.45, 2.75) is 32.6 Å². The van der Waals surface area contributed by atoms with Crippen molar-refractivity contribution in [1.29, 1.82) is 0 Å². The number of nitrogens with zero attached hydrogens (tertiary/aromatic N) is 3. The van der Waals surface area contributed by atoms with Crippen molar-refractivity contribution in [2.75, 3.05) is 51.7 Å². The molecular weight excluding hydrogens is 380 g/mol. The van der Waals surface area contributed by atoms with Gasteiger partial charge in [-0.2, -0.15) is 17.0 Å². The second kappa shape index (κ2) is 9.11. The van der Waals surface area contributed by atoms with Crippen molar-refractivity contribution < 1.29 is 17.9 Å². The molecule has 2 amide bonds. The zero-order valence-electron chi connectivity index (χ0n) is 16.7. The summed E-state index contributed by atoms with van der Waals surface area (Å²) in [6.45, 7) is 4.80. The van der Waals surface area contributed by atoms with Gasteiger partial charge >= 0.3 is 6.03 Å². The van der Waals surface area contributed by atoms with E-state index in [0.717, 1.165) is 36.3 Å². The standard InChI is InChI=1S/C19H30N4O4S/c1-16-15-17(27-2)7-8-18(16)20-19(24)21-9-6-12-23(14-13-21)28(25,26)22-10-4-3-5-11-22/h7-8,15H,3-6,9-14H2,1-2H3,(H,20,24). The summed E-state index contributed by atoms with van der Waals surface area (Å²) < 4.78 is 34.1. The minimum Gasteiger partial charge on any atom is -0.497 e. The Kier molecular flexibility index (Phi) is 6.79. The van der Waals surface area contributed by atoms with E-state index in [2.05, 4.69) is 5.32 Å². The van der Waals surface area contributed by atoms with Crippen molar-refractivity contribution in [3.8, 4) is 5.75 Å². The summed E-state index contributed by atoms with van der Waals surface area (Å²) in [6.07, 6.45) is 3.55. The number of ether oxygens (including phenoxy) is 1. The van der Waals surface area contributed by atoms with Gasteiger partial charge in [0, 0.05) is 45.0 Å². The number of rotatable bonds is 4. The molecule has 0 aliphatic carbocycles. The molecule has 1 aromatic carbocycles. The van der Waals surface area contributed by atoms with Crippen molar-refractivity contribution in [3.05, 3.63) is 23.8 Å². The summed E-state index contributed by atoms with van der Waals surface area (Å²) in [5, 5.41) is 2.93. The molecule has 0 atom stereocenters. The Morgan fingerprint density at radius 3 is 2.32 bits per heavy atom. The Morgan fingerprint density at radius 1 is 0.964 bits per heavy atom. The fourth-order valence-corrected chi connectivity index (χ4v) is 5.40. The monoisotopic (exact) mass is 410 g/mol. The highest BCUT2D eigenvalue weighted by molar-refractivity contribution is 7.86. The summed E-state index contributed by atoms with van der Waals surface area (Å²) in [5.41, 5.74) is 1.64. The van der Waals surface area contributed by atoms with Crippen LogP contribution < -0.4 is 10.1 Å². The third-order valence-electron chi connectivity index (χ3n) is 5.38. The van der Waals surface area contributed by atoms with Crippen molar-refractivity contribution >= 4 is 21.9 Å². The third-order valence-corrected chi connectivity index (χ3v) is 7.42. The first-order valence-electron chi connectivity index (χ1n) is 9.87. The quantitative estimate of drug-likeness (QED) is 0.826. The highest BCUT2D eigenvalue weighted by Gasteiger charge is 2.32. The van der Waals surface area contributed by atoms with Gasteiger partial charge in [0.15, 0.2) is 0 Å². The van der Waals surface area contributed by atoms with Gasteiger partial charge < -0.3 is 15.0 Å². The highest BCUT2D eigenvalue weighted by atomic mass is 32.2. The maximum Gasteiger partial charge on any atom is 0.321 e. The van der Waals surface area contributed by atoms with Crippen molar-refractivity contribution in [3.63, 3.8) is 0 Å². The number of methoxy groups -OCH3 is 1. The predicted octanol–water partition coefficient (Wildman–Crippen LogP) is 2.27. The Labute approximate surface area is 167 Å². The average molecular weight is 411 g/mol. The molecule has 2 saturated heterocycles. The average Bonchev–Trinajstić information content (AvgIpc) is 2.97. The van der Waals surface area contributed by atoms with Gasteiger partial charge in [0.25, 0.3) is 10.2 Å². The number of urea groups is 1. The van der Waals surface area contributed by atoms with Gasteiger partial charge in [0.05, 0.1) is 7.11 Å². The van der Waals surface area contributed by atoms with Gasteiger partial charge in [-0.05, 0) is 49.9 Å². The fraction of sp³-hybridized carbons (Fsp3) is 0.632. The molecule has 2 heterocycles.